The van der Waals surface area contributed by atoms with Crippen molar-refractivity contribution in [2.75, 3.05) is 26.7 Å². The maximum absolute atomic E-state index is 5.95. The number of piperazine rings is 1. The van der Waals surface area contributed by atoms with Crippen molar-refractivity contribution in [1.82, 2.24) is 19.8 Å². The Morgan fingerprint density at radius 3 is 2.82 bits per heavy atom. The standard InChI is InChI=1S/C12H19ClN4/c1-9-6-11(13)15-12(14-9)8-17-5-4-16(3)7-10(17)2/h6,10H,4-5,7-8H2,1-3H3. The van der Waals surface area contributed by atoms with Gasteiger partial charge in [-0.2, -0.15) is 0 Å². The van der Waals surface area contributed by atoms with Crippen LogP contribution in [0.4, 0.5) is 0 Å². The van der Waals surface area contributed by atoms with Crippen molar-refractivity contribution in [3.05, 3.63) is 22.7 Å². The van der Waals surface area contributed by atoms with Gasteiger partial charge in [-0.25, -0.2) is 9.97 Å². The molecule has 4 nitrogen and oxygen atoms in total. The molecule has 0 bridgehead atoms. The molecule has 1 saturated heterocycles. The van der Waals surface area contributed by atoms with Crippen molar-refractivity contribution in [2.24, 2.45) is 0 Å². The number of aromatic nitrogens is 2. The number of hydrogen-bond donors (Lipinski definition) is 0. The van der Waals surface area contributed by atoms with Crippen LogP contribution in [0.15, 0.2) is 6.07 Å². The summed E-state index contributed by atoms with van der Waals surface area (Å²) in [6.45, 7) is 8.24. The largest absolute Gasteiger partial charge is 0.304 e. The van der Waals surface area contributed by atoms with Crippen LogP contribution in [0.3, 0.4) is 0 Å². The summed E-state index contributed by atoms with van der Waals surface area (Å²) in [4.78, 5) is 13.5. The number of rotatable bonds is 2. The molecule has 5 heteroatoms. The number of hydrogen-bond acceptors (Lipinski definition) is 4. The molecule has 2 rings (SSSR count). The molecule has 1 fully saturated rings. The van der Waals surface area contributed by atoms with E-state index in [4.69, 9.17) is 11.6 Å². The minimum Gasteiger partial charge on any atom is -0.304 e. The molecule has 2 heterocycles. The molecule has 0 spiro atoms. The number of likely N-dealkylation sites (N-methyl/N-ethyl adjacent to an activating group) is 1. The van der Waals surface area contributed by atoms with Crippen molar-refractivity contribution >= 4 is 11.6 Å². The lowest BCUT2D eigenvalue weighted by atomic mass is 10.2. The third kappa shape index (κ3) is 3.37. The summed E-state index contributed by atoms with van der Waals surface area (Å²) in [5.74, 6) is 0.825. The first-order chi connectivity index (χ1) is 8.04. The Bertz CT molecular complexity index is 376. The molecule has 94 valence electrons. The lowest BCUT2D eigenvalue weighted by Crippen LogP contribution is -2.50. The average Bonchev–Trinajstić information content (AvgIpc) is 2.21. The van der Waals surface area contributed by atoms with Gasteiger partial charge in [-0.15, -0.1) is 0 Å². The SMILES string of the molecule is Cc1cc(Cl)nc(CN2CCN(C)CC2C)n1. The number of nitrogens with zero attached hydrogens (tertiary/aromatic N) is 4. The molecule has 1 aliphatic heterocycles. The maximum Gasteiger partial charge on any atom is 0.144 e. The molecular formula is C12H19ClN4. The molecule has 1 aromatic heterocycles. The summed E-state index contributed by atoms with van der Waals surface area (Å²) in [6.07, 6.45) is 0. The van der Waals surface area contributed by atoms with E-state index in [9.17, 15) is 0 Å². The average molecular weight is 255 g/mol. The van der Waals surface area contributed by atoms with Gasteiger partial charge in [0.1, 0.15) is 11.0 Å². The van der Waals surface area contributed by atoms with E-state index >= 15 is 0 Å². The lowest BCUT2D eigenvalue weighted by molar-refractivity contribution is 0.0914. The quantitative estimate of drug-likeness (QED) is 0.750. The third-order valence-corrected chi connectivity index (χ3v) is 3.38. The topological polar surface area (TPSA) is 32.3 Å². The van der Waals surface area contributed by atoms with Crippen molar-refractivity contribution in [3.63, 3.8) is 0 Å². The first kappa shape index (κ1) is 12.7. The molecule has 1 atom stereocenters. The Balaban J connectivity index is 2.05. The van der Waals surface area contributed by atoms with Crippen LogP contribution in [-0.4, -0.2) is 52.5 Å². The minimum atomic E-state index is 0.536. The predicted molar refractivity (Wildman–Crippen MR) is 69.1 cm³/mol. The monoisotopic (exact) mass is 254 g/mol. The van der Waals surface area contributed by atoms with Gasteiger partial charge in [0, 0.05) is 31.4 Å². The maximum atomic E-state index is 5.95. The minimum absolute atomic E-state index is 0.536. The fraction of sp³-hybridized carbons (Fsp3) is 0.667. The van der Waals surface area contributed by atoms with Gasteiger partial charge in [-0.1, -0.05) is 11.6 Å². The summed E-state index contributed by atoms with van der Waals surface area (Å²) >= 11 is 5.95. The summed E-state index contributed by atoms with van der Waals surface area (Å²) in [5, 5.41) is 0.536. The van der Waals surface area contributed by atoms with E-state index < -0.39 is 0 Å². The number of aryl methyl sites for hydroxylation is 1. The summed E-state index contributed by atoms with van der Waals surface area (Å²) in [7, 11) is 2.16. The van der Waals surface area contributed by atoms with Crippen molar-refractivity contribution in [2.45, 2.75) is 26.4 Å². The lowest BCUT2D eigenvalue weighted by Gasteiger charge is -2.37. The molecule has 1 aliphatic rings. The normalized spacial score (nSPS) is 22.9. The highest BCUT2D eigenvalue weighted by Gasteiger charge is 2.22. The van der Waals surface area contributed by atoms with Crippen LogP contribution < -0.4 is 0 Å². The van der Waals surface area contributed by atoms with Gasteiger partial charge in [0.25, 0.3) is 0 Å². The molecule has 0 aliphatic carbocycles. The second-order valence-electron chi connectivity index (χ2n) is 4.83. The molecule has 1 unspecified atom stereocenters. The Kier molecular flexibility index (Phi) is 3.97. The molecule has 0 amide bonds. The molecule has 0 radical (unpaired) electrons. The molecular weight excluding hydrogens is 236 g/mol. The van der Waals surface area contributed by atoms with Gasteiger partial charge < -0.3 is 4.90 Å². The second-order valence-corrected chi connectivity index (χ2v) is 5.22. The van der Waals surface area contributed by atoms with Crippen LogP contribution in [-0.2, 0) is 6.54 Å². The fourth-order valence-corrected chi connectivity index (χ4v) is 2.51. The van der Waals surface area contributed by atoms with Gasteiger partial charge in [0.05, 0.1) is 6.54 Å². The van der Waals surface area contributed by atoms with E-state index in [1.807, 2.05) is 6.92 Å². The molecule has 0 saturated carbocycles. The Morgan fingerprint density at radius 2 is 2.18 bits per heavy atom. The highest BCUT2D eigenvalue weighted by molar-refractivity contribution is 6.29. The van der Waals surface area contributed by atoms with Crippen molar-refractivity contribution in [3.8, 4) is 0 Å². The van der Waals surface area contributed by atoms with Crippen molar-refractivity contribution in [1.29, 1.82) is 0 Å². The summed E-state index contributed by atoms with van der Waals surface area (Å²) in [5.41, 5.74) is 0.932. The zero-order valence-electron chi connectivity index (χ0n) is 10.6. The highest BCUT2D eigenvalue weighted by atomic mass is 35.5. The van der Waals surface area contributed by atoms with Crippen molar-refractivity contribution < 1.29 is 0 Å². The number of halogens is 1. The predicted octanol–water partition coefficient (Wildman–Crippen LogP) is 1.57. The highest BCUT2D eigenvalue weighted by Crippen LogP contribution is 2.13. The summed E-state index contributed by atoms with van der Waals surface area (Å²) < 4.78 is 0. The second kappa shape index (κ2) is 5.29. The Labute approximate surface area is 108 Å². The van der Waals surface area contributed by atoms with Crippen LogP contribution in [0, 0.1) is 6.92 Å². The van der Waals surface area contributed by atoms with Crippen LogP contribution >= 0.6 is 11.6 Å². The third-order valence-electron chi connectivity index (χ3n) is 3.18. The smallest absolute Gasteiger partial charge is 0.144 e. The van der Waals surface area contributed by atoms with Crippen LogP contribution in [0.25, 0.3) is 0 Å². The van der Waals surface area contributed by atoms with Crippen LogP contribution in [0.2, 0.25) is 5.15 Å². The van der Waals surface area contributed by atoms with Gasteiger partial charge >= 0.3 is 0 Å². The van der Waals surface area contributed by atoms with E-state index in [1.54, 1.807) is 6.07 Å². The van der Waals surface area contributed by atoms with Crippen LogP contribution in [0.1, 0.15) is 18.4 Å². The van der Waals surface area contributed by atoms with Gasteiger partial charge in [0.2, 0.25) is 0 Å². The molecule has 17 heavy (non-hydrogen) atoms. The van der Waals surface area contributed by atoms with E-state index in [1.165, 1.54) is 0 Å². The molecule has 0 aromatic carbocycles. The Hall–Kier alpha value is -0.710. The van der Waals surface area contributed by atoms with E-state index in [0.717, 1.165) is 37.7 Å². The zero-order chi connectivity index (χ0) is 12.4. The van der Waals surface area contributed by atoms with Gasteiger partial charge in [-0.3, -0.25) is 4.90 Å². The first-order valence-corrected chi connectivity index (χ1v) is 6.35. The van der Waals surface area contributed by atoms with Gasteiger partial charge in [-0.05, 0) is 27.0 Å². The van der Waals surface area contributed by atoms with E-state index in [-0.39, 0.29) is 0 Å². The fourth-order valence-electron chi connectivity index (χ4n) is 2.25. The summed E-state index contributed by atoms with van der Waals surface area (Å²) in [6, 6.07) is 2.33. The van der Waals surface area contributed by atoms with Gasteiger partial charge in [0.15, 0.2) is 0 Å². The van der Waals surface area contributed by atoms with Crippen LogP contribution in [0.5, 0.6) is 0 Å². The zero-order valence-corrected chi connectivity index (χ0v) is 11.4. The first-order valence-electron chi connectivity index (χ1n) is 5.97. The molecule has 0 N–H and O–H groups in total. The Morgan fingerprint density at radius 1 is 1.41 bits per heavy atom. The van der Waals surface area contributed by atoms with E-state index in [2.05, 4.69) is 33.7 Å². The molecule has 1 aromatic rings. The van der Waals surface area contributed by atoms with E-state index in [0.29, 0.717) is 11.2 Å².